The van der Waals surface area contributed by atoms with Crippen molar-refractivity contribution in [1.29, 1.82) is 0 Å². The first-order valence-electron chi connectivity index (χ1n) is 6.43. The molecule has 2 rings (SSSR count). The zero-order valence-corrected chi connectivity index (χ0v) is 12.5. The Balaban J connectivity index is 2.21. The van der Waals surface area contributed by atoms with Gasteiger partial charge in [-0.2, -0.15) is 0 Å². The summed E-state index contributed by atoms with van der Waals surface area (Å²) in [5.41, 5.74) is 2.53. The van der Waals surface area contributed by atoms with Gasteiger partial charge in [-0.05, 0) is 29.5 Å². The molecule has 0 aliphatic rings. The summed E-state index contributed by atoms with van der Waals surface area (Å²) in [6, 6.07) is 10.6. The molecule has 1 aromatic heterocycles. The molecule has 1 heterocycles. The lowest BCUT2D eigenvalue weighted by Gasteiger charge is -2.06. The fourth-order valence-electron chi connectivity index (χ4n) is 2.09. The Labute approximate surface area is 123 Å². The number of nitrogens with zero attached hydrogens (tertiary/aromatic N) is 1. The Kier molecular flexibility index (Phi) is 5.22. The van der Waals surface area contributed by atoms with Crippen LogP contribution in [0.15, 0.2) is 73.0 Å². The standard InChI is InChI=1S/C17H18BrN/c1-2-7-15(8-5-6-12-18)14-19-13-11-16-9-3-4-10-17(16)19/h2-5,7-11,13H,1,6,12,14H2/b8-5-,15-7+. The first-order chi connectivity index (χ1) is 9.35. The molecule has 0 aliphatic carbocycles. The van der Waals surface area contributed by atoms with Crippen LogP contribution in [0.5, 0.6) is 0 Å². The number of rotatable bonds is 6. The summed E-state index contributed by atoms with van der Waals surface area (Å²) in [5.74, 6) is 0. The fourth-order valence-corrected chi connectivity index (χ4v) is 2.35. The molecule has 1 nitrogen and oxygen atoms in total. The van der Waals surface area contributed by atoms with E-state index >= 15 is 0 Å². The molecule has 0 N–H and O–H groups in total. The molecule has 2 aromatic rings. The van der Waals surface area contributed by atoms with Crippen LogP contribution in [0.25, 0.3) is 10.9 Å². The van der Waals surface area contributed by atoms with Crippen molar-refractivity contribution in [3.63, 3.8) is 0 Å². The topological polar surface area (TPSA) is 4.93 Å². The Morgan fingerprint density at radius 3 is 2.89 bits per heavy atom. The van der Waals surface area contributed by atoms with Crippen LogP contribution in [0, 0.1) is 0 Å². The third-order valence-electron chi connectivity index (χ3n) is 2.97. The lowest BCUT2D eigenvalue weighted by Crippen LogP contribution is -1.97. The van der Waals surface area contributed by atoms with Gasteiger partial charge in [0.2, 0.25) is 0 Å². The largest absolute Gasteiger partial charge is 0.343 e. The number of aromatic nitrogens is 1. The smallest absolute Gasteiger partial charge is 0.0483 e. The molecule has 0 unspecified atom stereocenters. The maximum absolute atomic E-state index is 3.79. The quantitative estimate of drug-likeness (QED) is 0.516. The van der Waals surface area contributed by atoms with Crippen molar-refractivity contribution in [2.24, 2.45) is 0 Å². The molecule has 98 valence electrons. The lowest BCUT2D eigenvalue weighted by atomic mass is 10.2. The second-order valence-corrected chi connectivity index (χ2v) is 5.15. The molecule has 0 atom stereocenters. The van der Waals surface area contributed by atoms with E-state index in [0.717, 1.165) is 18.3 Å². The van der Waals surface area contributed by atoms with Gasteiger partial charge in [-0.3, -0.25) is 0 Å². The van der Waals surface area contributed by atoms with E-state index in [1.54, 1.807) is 0 Å². The second kappa shape index (κ2) is 7.15. The van der Waals surface area contributed by atoms with Crippen LogP contribution in [0.1, 0.15) is 6.42 Å². The van der Waals surface area contributed by atoms with Gasteiger partial charge in [0.1, 0.15) is 0 Å². The van der Waals surface area contributed by atoms with E-state index in [1.807, 2.05) is 6.08 Å². The highest BCUT2D eigenvalue weighted by Gasteiger charge is 2.00. The van der Waals surface area contributed by atoms with Crippen LogP contribution in [0.4, 0.5) is 0 Å². The summed E-state index contributed by atoms with van der Waals surface area (Å²) in [4.78, 5) is 0. The zero-order chi connectivity index (χ0) is 13.5. The highest BCUT2D eigenvalue weighted by molar-refractivity contribution is 9.09. The lowest BCUT2D eigenvalue weighted by molar-refractivity contribution is 0.835. The van der Waals surface area contributed by atoms with Crippen LogP contribution < -0.4 is 0 Å². The van der Waals surface area contributed by atoms with Gasteiger partial charge in [0.05, 0.1) is 0 Å². The van der Waals surface area contributed by atoms with E-state index in [9.17, 15) is 0 Å². The first kappa shape index (κ1) is 13.9. The normalized spacial score (nSPS) is 12.4. The summed E-state index contributed by atoms with van der Waals surface area (Å²) < 4.78 is 2.27. The Hall–Kier alpha value is -1.54. The number of allylic oxidation sites excluding steroid dienone is 5. The van der Waals surface area contributed by atoms with Crippen LogP contribution in [-0.2, 0) is 6.54 Å². The fraction of sp³-hybridized carbons (Fsp3) is 0.176. The molecule has 0 amide bonds. The maximum atomic E-state index is 3.79. The number of fused-ring (bicyclic) bond motifs is 1. The van der Waals surface area contributed by atoms with Crippen molar-refractivity contribution in [3.8, 4) is 0 Å². The summed E-state index contributed by atoms with van der Waals surface area (Å²) in [6.07, 6.45) is 11.5. The minimum Gasteiger partial charge on any atom is -0.343 e. The first-order valence-corrected chi connectivity index (χ1v) is 7.55. The molecule has 19 heavy (non-hydrogen) atoms. The number of hydrogen-bond acceptors (Lipinski definition) is 0. The van der Waals surface area contributed by atoms with Crippen LogP contribution in [0.3, 0.4) is 0 Å². The maximum Gasteiger partial charge on any atom is 0.0483 e. The Bertz CT molecular complexity index is 605. The summed E-state index contributed by atoms with van der Waals surface area (Å²) in [5, 5.41) is 2.28. The number of hydrogen-bond donors (Lipinski definition) is 0. The van der Waals surface area contributed by atoms with Crippen LogP contribution in [-0.4, -0.2) is 9.90 Å². The van der Waals surface area contributed by atoms with E-state index in [4.69, 9.17) is 0 Å². The van der Waals surface area contributed by atoms with Gasteiger partial charge in [0, 0.05) is 23.6 Å². The third-order valence-corrected chi connectivity index (χ3v) is 3.43. The molecule has 0 fully saturated rings. The zero-order valence-electron chi connectivity index (χ0n) is 10.9. The van der Waals surface area contributed by atoms with Crippen LogP contribution >= 0.6 is 15.9 Å². The summed E-state index contributed by atoms with van der Waals surface area (Å²) in [7, 11) is 0. The number of alkyl halides is 1. The van der Waals surface area contributed by atoms with Crippen molar-refractivity contribution in [2.45, 2.75) is 13.0 Å². The van der Waals surface area contributed by atoms with E-state index in [1.165, 1.54) is 16.5 Å². The third kappa shape index (κ3) is 3.71. The van der Waals surface area contributed by atoms with Gasteiger partial charge in [-0.1, -0.05) is 65.0 Å². The minimum atomic E-state index is 0.873. The summed E-state index contributed by atoms with van der Waals surface area (Å²) >= 11 is 3.44. The van der Waals surface area contributed by atoms with Crippen molar-refractivity contribution < 1.29 is 0 Å². The van der Waals surface area contributed by atoms with Crippen molar-refractivity contribution >= 4 is 26.8 Å². The molecule has 0 aliphatic heterocycles. The van der Waals surface area contributed by atoms with Gasteiger partial charge >= 0.3 is 0 Å². The molecular formula is C17H18BrN. The van der Waals surface area contributed by atoms with Crippen LogP contribution in [0.2, 0.25) is 0 Å². The number of benzene rings is 1. The van der Waals surface area contributed by atoms with E-state index < -0.39 is 0 Å². The predicted molar refractivity (Wildman–Crippen MR) is 87.8 cm³/mol. The molecule has 2 heteroatoms. The monoisotopic (exact) mass is 315 g/mol. The highest BCUT2D eigenvalue weighted by atomic mass is 79.9. The number of halogens is 1. The average Bonchev–Trinajstić information content (AvgIpc) is 2.83. The predicted octanol–water partition coefficient (Wildman–Crippen LogP) is 5.09. The van der Waals surface area contributed by atoms with Gasteiger partial charge in [0.15, 0.2) is 0 Å². The molecule has 0 radical (unpaired) electrons. The van der Waals surface area contributed by atoms with E-state index in [2.05, 4.69) is 81.8 Å². The highest BCUT2D eigenvalue weighted by Crippen LogP contribution is 2.17. The molecule has 0 saturated carbocycles. The van der Waals surface area contributed by atoms with E-state index in [0.29, 0.717) is 0 Å². The van der Waals surface area contributed by atoms with Gasteiger partial charge in [-0.25, -0.2) is 0 Å². The number of para-hydroxylation sites is 1. The Morgan fingerprint density at radius 1 is 1.26 bits per heavy atom. The average molecular weight is 316 g/mol. The minimum absolute atomic E-state index is 0.873. The van der Waals surface area contributed by atoms with Crippen molar-refractivity contribution in [3.05, 3.63) is 73.0 Å². The van der Waals surface area contributed by atoms with Gasteiger partial charge in [-0.15, -0.1) is 0 Å². The Morgan fingerprint density at radius 2 is 2.11 bits per heavy atom. The SMILES string of the molecule is C=C/C=C(\C=C/CCBr)Cn1ccc2ccccc21. The van der Waals surface area contributed by atoms with E-state index in [-0.39, 0.29) is 0 Å². The van der Waals surface area contributed by atoms with Crippen molar-refractivity contribution in [1.82, 2.24) is 4.57 Å². The molecule has 0 saturated heterocycles. The summed E-state index contributed by atoms with van der Waals surface area (Å²) in [6.45, 7) is 4.66. The molecule has 1 aromatic carbocycles. The van der Waals surface area contributed by atoms with Crippen molar-refractivity contribution in [2.75, 3.05) is 5.33 Å². The molecule has 0 bridgehead atoms. The van der Waals surface area contributed by atoms with Gasteiger partial charge < -0.3 is 4.57 Å². The second-order valence-electron chi connectivity index (χ2n) is 4.36. The molecule has 0 spiro atoms. The molecular weight excluding hydrogens is 298 g/mol. The van der Waals surface area contributed by atoms with Gasteiger partial charge in [0.25, 0.3) is 0 Å².